The fourth-order valence-corrected chi connectivity index (χ4v) is 2.21. The lowest BCUT2D eigenvalue weighted by molar-refractivity contribution is 0.0169. The van der Waals surface area contributed by atoms with Crippen molar-refractivity contribution in [1.29, 1.82) is 0 Å². The number of anilines is 1. The number of ether oxygens (including phenoxy) is 2. The van der Waals surface area contributed by atoms with E-state index in [0.29, 0.717) is 25.6 Å². The maximum Gasteiger partial charge on any atom is 0.354 e. The number of carboxylic acid groups (broad SMARTS) is 1. The van der Waals surface area contributed by atoms with Crippen molar-refractivity contribution in [2.75, 3.05) is 37.8 Å². The Morgan fingerprint density at radius 3 is 3.10 bits per heavy atom. The summed E-state index contributed by atoms with van der Waals surface area (Å²) >= 11 is 0. The van der Waals surface area contributed by atoms with Gasteiger partial charge in [-0.05, 0) is 25.5 Å². The van der Waals surface area contributed by atoms with Gasteiger partial charge in [-0.25, -0.2) is 9.78 Å². The Morgan fingerprint density at radius 2 is 2.35 bits per heavy atom. The summed E-state index contributed by atoms with van der Waals surface area (Å²) in [7, 11) is 0. The van der Waals surface area contributed by atoms with Crippen molar-refractivity contribution in [2.24, 2.45) is 0 Å². The molecule has 0 aliphatic carbocycles. The second kappa shape index (κ2) is 7.21. The van der Waals surface area contributed by atoms with Crippen LogP contribution in [0.4, 0.5) is 5.82 Å². The molecule has 0 radical (unpaired) electrons. The normalized spacial score (nSPS) is 18.4. The van der Waals surface area contributed by atoms with Gasteiger partial charge in [-0.1, -0.05) is 6.07 Å². The first-order valence-corrected chi connectivity index (χ1v) is 6.85. The minimum absolute atomic E-state index is 0.0724. The molecule has 1 N–H and O–H groups in total. The van der Waals surface area contributed by atoms with E-state index in [2.05, 4.69) is 9.88 Å². The molecule has 0 saturated carbocycles. The van der Waals surface area contributed by atoms with Crippen LogP contribution in [0.1, 0.15) is 23.8 Å². The molecular formula is C14H20N2O4. The number of pyridine rings is 1. The van der Waals surface area contributed by atoms with Gasteiger partial charge in [0.15, 0.2) is 5.69 Å². The van der Waals surface area contributed by atoms with Crippen LogP contribution in [0.2, 0.25) is 0 Å². The SMILES string of the molecule is CCOCCO[C@H]1CCN(c2cccc(C(=O)O)n2)C1. The van der Waals surface area contributed by atoms with Crippen LogP contribution in [-0.2, 0) is 9.47 Å². The summed E-state index contributed by atoms with van der Waals surface area (Å²) in [5.41, 5.74) is 0.0724. The third-order valence-electron chi connectivity index (χ3n) is 3.21. The highest BCUT2D eigenvalue weighted by Gasteiger charge is 2.24. The van der Waals surface area contributed by atoms with E-state index in [9.17, 15) is 4.79 Å². The number of carbonyl (C=O) groups is 1. The number of rotatable bonds is 7. The largest absolute Gasteiger partial charge is 0.477 e. The molecule has 6 nitrogen and oxygen atoms in total. The Kier molecular flexibility index (Phi) is 5.31. The fourth-order valence-electron chi connectivity index (χ4n) is 2.21. The maximum atomic E-state index is 10.9. The van der Waals surface area contributed by atoms with Crippen LogP contribution in [0.25, 0.3) is 0 Å². The summed E-state index contributed by atoms with van der Waals surface area (Å²) in [5, 5.41) is 8.95. The third-order valence-corrected chi connectivity index (χ3v) is 3.21. The molecular weight excluding hydrogens is 260 g/mol. The maximum absolute atomic E-state index is 10.9. The quantitative estimate of drug-likeness (QED) is 0.761. The summed E-state index contributed by atoms with van der Waals surface area (Å²) in [6, 6.07) is 5.04. The van der Waals surface area contributed by atoms with Crippen LogP contribution in [0, 0.1) is 0 Å². The predicted molar refractivity (Wildman–Crippen MR) is 74.3 cm³/mol. The van der Waals surface area contributed by atoms with E-state index in [1.807, 2.05) is 13.0 Å². The smallest absolute Gasteiger partial charge is 0.354 e. The highest BCUT2D eigenvalue weighted by Crippen LogP contribution is 2.20. The second-order valence-corrected chi connectivity index (χ2v) is 4.61. The monoisotopic (exact) mass is 280 g/mol. The third kappa shape index (κ3) is 3.91. The van der Waals surface area contributed by atoms with Crippen molar-refractivity contribution in [1.82, 2.24) is 4.98 Å². The standard InChI is InChI=1S/C14H20N2O4/c1-2-19-8-9-20-11-6-7-16(10-11)13-5-3-4-12(15-13)14(17)18/h3-5,11H,2,6-10H2,1H3,(H,17,18)/t11-/m0/s1. The summed E-state index contributed by atoms with van der Waals surface area (Å²) < 4.78 is 11.0. The van der Waals surface area contributed by atoms with Crippen LogP contribution in [0.15, 0.2) is 18.2 Å². The average molecular weight is 280 g/mol. The number of hydrogen-bond acceptors (Lipinski definition) is 5. The Labute approximate surface area is 118 Å². The van der Waals surface area contributed by atoms with Gasteiger partial charge in [0, 0.05) is 19.7 Å². The van der Waals surface area contributed by atoms with Crippen molar-refractivity contribution >= 4 is 11.8 Å². The molecule has 2 rings (SSSR count). The Morgan fingerprint density at radius 1 is 1.50 bits per heavy atom. The highest BCUT2D eigenvalue weighted by atomic mass is 16.5. The van der Waals surface area contributed by atoms with Crippen molar-refractivity contribution in [2.45, 2.75) is 19.4 Å². The molecule has 1 atom stereocenters. The molecule has 0 bridgehead atoms. The first kappa shape index (κ1) is 14.7. The van der Waals surface area contributed by atoms with E-state index in [4.69, 9.17) is 14.6 Å². The fraction of sp³-hybridized carbons (Fsp3) is 0.571. The van der Waals surface area contributed by atoms with Gasteiger partial charge in [-0.3, -0.25) is 0 Å². The molecule has 6 heteroatoms. The summed E-state index contributed by atoms with van der Waals surface area (Å²) in [4.78, 5) is 17.1. The molecule has 0 amide bonds. The van der Waals surface area contributed by atoms with E-state index >= 15 is 0 Å². The van der Waals surface area contributed by atoms with Gasteiger partial charge in [0.05, 0.1) is 19.3 Å². The van der Waals surface area contributed by atoms with Crippen LogP contribution in [0.5, 0.6) is 0 Å². The highest BCUT2D eigenvalue weighted by molar-refractivity contribution is 5.85. The molecule has 1 fully saturated rings. The lowest BCUT2D eigenvalue weighted by atomic mass is 10.3. The number of aromatic nitrogens is 1. The van der Waals surface area contributed by atoms with Crippen molar-refractivity contribution in [3.63, 3.8) is 0 Å². The van der Waals surface area contributed by atoms with Crippen molar-refractivity contribution < 1.29 is 19.4 Å². The average Bonchev–Trinajstić information content (AvgIpc) is 2.92. The Balaban J connectivity index is 1.86. The molecule has 1 aromatic rings. The van der Waals surface area contributed by atoms with Crippen LogP contribution >= 0.6 is 0 Å². The zero-order valence-electron chi connectivity index (χ0n) is 11.6. The molecule has 1 aliphatic rings. The zero-order chi connectivity index (χ0) is 14.4. The number of hydrogen-bond donors (Lipinski definition) is 1. The van der Waals surface area contributed by atoms with Gasteiger partial charge in [0.2, 0.25) is 0 Å². The molecule has 20 heavy (non-hydrogen) atoms. The van der Waals surface area contributed by atoms with Gasteiger partial charge in [0.25, 0.3) is 0 Å². The molecule has 0 aromatic carbocycles. The second-order valence-electron chi connectivity index (χ2n) is 4.61. The number of aromatic carboxylic acids is 1. The lowest BCUT2D eigenvalue weighted by Crippen LogP contribution is -2.25. The summed E-state index contributed by atoms with van der Waals surface area (Å²) in [6.45, 7) is 5.43. The topological polar surface area (TPSA) is 71.9 Å². The van der Waals surface area contributed by atoms with E-state index in [1.54, 1.807) is 6.07 Å². The van der Waals surface area contributed by atoms with E-state index < -0.39 is 5.97 Å². The first-order chi connectivity index (χ1) is 9.70. The van der Waals surface area contributed by atoms with E-state index in [-0.39, 0.29) is 11.8 Å². The van der Waals surface area contributed by atoms with E-state index in [0.717, 1.165) is 19.5 Å². The van der Waals surface area contributed by atoms with Crippen molar-refractivity contribution in [3.05, 3.63) is 23.9 Å². The zero-order valence-corrected chi connectivity index (χ0v) is 11.6. The van der Waals surface area contributed by atoms with Crippen molar-refractivity contribution in [3.8, 4) is 0 Å². The Bertz CT molecular complexity index is 453. The minimum Gasteiger partial charge on any atom is -0.477 e. The minimum atomic E-state index is -1.00. The van der Waals surface area contributed by atoms with Gasteiger partial charge < -0.3 is 19.5 Å². The van der Waals surface area contributed by atoms with Gasteiger partial charge in [-0.15, -0.1) is 0 Å². The summed E-state index contributed by atoms with van der Waals surface area (Å²) in [6.07, 6.45) is 1.08. The molecule has 1 aromatic heterocycles. The number of carboxylic acids is 1. The molecule has 1 saturated heterocycles. The molecule has 1 aliphatic heterocycles. The van der Waals surface area contributed by atoms with Crippen LogP contribution in [-0.4, -0.2) is 55.1 Å². The molecule has 0 spiro atoms. The van der Waals surface area contributed by atoms with Gasteiger partial charge in [0.1, 0.15) is 5.82 Å². The van der Waals surface area contributed by atoms with E-state index in [1.165, 1.54) is 6.07 Å². The first-order valence-electron chi connectivity index (χ1n) is 6.85. The van der Waals surface area contributed by atoms with Crippen LogP contribution < -0.4 is 4.90 Å². The Hall–Kier alpha value is -1.66. The molecule has 2 heterocycles. The molecule has 110 valence electrons. The summed E-state index contributed by atoms with van der Waals surface area (Å²) in [5.74, 6) is -0.309. The predicted octanol–water partition coefficient (Wildman–Crippen LogP) is 1.41. The van der Waals surface area contributed by atoms with Crippen LogP contribution in [0.3, 0.4) is 0 Å². The number of nitrogens with zero attached hydrogens (tertiary/aromatic N) is 2. The molecule has 0 unspecified atom stereocenters. The van der Waals surface area contributed by atoms with Gasteiger partial charge in [-0.2, -0.15) is 0 Å². The van der Waals surface area contributed by atoms with Gasteiger partial charge >= 0.3 is 5.97 Å². The lowest BCUT2D eigenvalue weighted by Gasteiger charge is -2.17.